The molecule has 0 fully saturated rings. The zero-order valence-electron chi connectivity index (χ0n) is 18.5. The molecule has 0 aliphatic heterocycles. The van der Waals surface area contributed by atoms with Crippen molar-refractivity contribution in [2.24, 2.45) is 11.8 Å². The average Bonchev–Trinajstić information content (AvgIpc) is 2.59. The summed E-state index contributed by atoms with van der Waals surface area (Å²) in [7, 11) is 0. The van der Waals surface area contributed by atoms with Crippen LogP contribution < -0.4 is 0 Å². The third kappa shape index (κ3) is 21.5. The van der Waals surface area contributed by atoms with Gasteiger partial charge in [0.1, 0.15) is 0 Å². The lowest BCUT2D eigenvalue weighted by Gasteiger charge is -2.06. The molecule has 0 aromatic carbocycles. The molecule has 0 amide bonds. The molecule has 0 aromatic rings. The predicted octanol–water partition coefficient (Wildman–Crippen LogP) is 8.08. The molecule has 0 rings (SSSR count). The van der Waals surface area contributed by atoms with Gasteiger partial charge in [-0.15, -0.1) is 0 Å². The lowest BCUT2D eigenvalue weighted by atomic mass is 10.0. The minimum absolute atomic E-state index is 0.0152. The summed E-state index contributed by atoms with van der Waals surface area (Å²) in [5.74, 6) is 1.44. The zero-order valence-corrected chi connectivity index (χ0v) is 18.5. The molecule has 0 spiro atoms. The van der Waals surface area contributed by atoms with Gasteiger partial charge in [-0.05, 0) is 24.7 Å². The number of unbranched alkanes of at least 4 members (excludes halogenated alkanes) is 12. The van der Waals surface area contributed by atoms with Gasteiger partial charge in [0.2, 0.25) is 0 Å². The van der Waals surface area contributed by atoms with Crippen LogP contribution in [0.2, 0.25) is 0 Å². The molecule has 0 aliphatic carbocycles. The molecule has 2 nitrogen and oxygen atoms in total. The summed E-state index contributed by atoms with van der Waals surface area (Å²) in [5, 5.41) is 0. The highest BCUT2D eigenvalue weighted by Gasteiger charge is 2.04. The highest BCUT2D eigenvalue weighted by molar-refractivity contribution is 5.69. The van der Waals surface area contributed by atoms with Gasteiger partial charge in [0.15, 0.2) is 0 Å². The number of ether oxygens (including phenoxy) is 1. The van der Waals surface area contributed by atoms with Crippen LogP contribution in [0.4, 0.5) is 0 Å². The van der Waals surface area contributed by atoms with Gasteiger partial charge >= 0.3 is 5.97 Å². The monoisotopic (exact) mass is 368 g/mol. The predicted molar refractivity (Wildman–Crippen MR) is 115 cm³/mol. The zero-order chi connectivity index (χ0) is 19.5. The van der Waals surface area contributed by atoms with Crippen molar-refractivity contribution in [3.05, 3.63) is 0 Å². The molecule has 0 unspecified atom stereocenters. The first-order valence-electron chi connectivity index (χ1n) is 11.7. The molecular formula is C24H48O2. The second-order valence-electron chi connectivity index (χ2n) is 8.93. The molecule has 0 N–H and O–H groups in total. The van der Waals surface area contributed by atoms with Crippen LogP contribution in [0.5, 0.6) is 0 Å². The van der Waals surface area contributed by atoms with Gasteiger partial charge in [-0.3, -0.25) is 4.79 Å². The van der Waals surface area contributed by atoms with E-state index in [-0.39, 0.29) is 5.97 Å². The smallest absolute Gasteiger partial charge is 0.305 e. The SMILES string of the molecule is CC(C)CCCCCCCCCCCCCCCOC(=O)CCC(C)C. The van der Waals surface area contributed by atoms with E-state index in [0.29, 0.717) is 18.9 Å². The molecule has 0 aliphatic rings. The molecule has 0 aromatic heterocycles. The Bertz CT molecular complexity index is 297. The molecule has 0 heterocycles. The average molecular weight is 369 g/mol. The molecule has 0 atom stereocenters. The number of hydrogen-bond donors (Lipinski definition) is 0. The van der Waals surface area contributed by atoms with E-state index in [9.17, 15) is 4.79 Å². The fourth-order valence-electron chi connectivity index (χ4n) is 3.26. The van der Waals surface area contributed by atoms with Crippen molar-refractivity contribution in [2.45, 2.75) is 130 Å². The molecule has 156 valence electrons. The Morgan fingerprint density at radius 2 is 0.962 bits per heavy atom. The molecule has 26 heavy (non-hydrogen) atoms. The molecule has 0 saturated carbocycles. The van der Waals surface area contributed by atoms with E-state index in [1.165, 1.54) is 83.5 Å². The third-order valence-corrected chi connectivity index (χ3v) is 5.11. The van der Waals surface area contributed by atoms with Crippen molar-refractivity contribution < 1.29 is 9.53 Å². The van der Waals surface area contributed by atoms with Crippen molar-refractivity contribution >= 4 is 5.97 Å². The number of esters is 1. The van der Waals surface area contributed by atoms with Gasteiger partial charge in [0.05, 0.1) is 6.61 Å². The highest BCUT2D eigenvalue weighted by Crippen LogP contribution is 2.14. The van der Waals surface area contributed by atoms with E-state index >= 15 is 0 Å². The van der Waals surface area contributed by atoms with E-state index in [0.717, 1.165) is 18.8 Å². The van der Waals surface area contributed by atoms with Crippen LogP contribution in [0.3, 0.4) is 0 Å². The quantitative estimate of drug-likeness (QED) is 0.170. The molecule has 0 radical (unpaired) electrons. The van der Waals surface area contributed by atoms with Gasteiger partial charge in [-0.2, -0.15) is 0 Å². The largest absolute Gasteiger partial charge is 0.466 e. The Kier molecular flexibility index (Phi) is 18.8. The summed E-state index contributed by atoms with van der Waals surface area (Å²) in [6.45, 7) is 9.55. The molecule has 0 saturated heterocycles. The summed E-state index contributed by atoms with van der Waals surface area (Å²) in [6, 6.07) is 0. The van der Waals surface area contributed by atoms with E-state index < -0.39 is 0 Å². The van der Waals surface area contributed by atoms with Crippen LogP contribution >= 0.6 is 0 Å². The summed E-state index contributed by atoms with van der Waals surface area (Å²) in [6.07, 6.45) is 20.6. The second-order valence-corrected chi connectivity index (χ2v) is 8.93. The lowest BCUT2D eigenvalue weighted by Crippen LogP contribution is -2.06. The first kappa shape index (κ1) is 25.5. The first-order valence-corrected chi connectivity index (χ1v) is 11.7. The van der Waals surface area contributed by atoms with Crippen molar-refractivity contribution in [1.82, 2.24) is 0 Å². The van der Waals surface area contributed by atoms with Crippen molar-refractivity contribution in [2.75, 3.05) is 6.61 Å². The third-order valence-electron chi connectivity index (χ3n) is 5.11. The Hall–Kier alpha value is -0.530. The Morgan fingerprint density at radius 3 is 1.38 bits per heavy atom. The maximum absolute atomic E-state index is 11.5. The maximum atomic E-state index is 11.5. The minimum atomic E-state index is -0.0152. The number of carbonyl (C=O) groups excluding carboxylic acids is 1. The minimum Gasteiger partial charge on any atom is -0.466 e. The first-order chi connectivity index (χ1) is 12.5. The van der Waals surface area contributed by atoms with Crippen LogP contribution in [0, 0.1) is 11.8 Å². The van der Waals surface area contributed by atoms with Gasteiger partial charge in [-0.1, -0.05) is 111 Å². The normalized spacial score (nSPS) is 11.5. The van der Waals surface area contributed by atoms with E-state index in [4.69, 9.17) is 4.74 Å². The standard InChI is InChI=1S/C24H48O2/c1-22(2)18-16-14-12-10-8-6-5-7-9-11-13-15-17-21-26-24(25)20-19-23(3)4/h22-23H,5-21H2,1-4H3. The number of carbonyl (C=O) groups is 1. The number of hydrogen-bond acceptors (Lipinski definition) is 2. The van der Waals surface area contributed by atoms with Gasteiger partial charge in [-0.25, -0.2) is 0 Å². The Balaban J connectivity index is 3.10. The van der Waals surface area contributed by atoms with Gasteiger partial charge in [0, 0.05) is 6.42 Å². The van der Waals surface area contributed by atoms with Gasteiger partial charge < -0.3 is 4.74 Å². The van der Waals surface area contributed by atoms with Crippen LogP contribution in [-0.2, 0) is 9.53 Å². The highest BCUT2D eigenvalue weighted by atomic mass is 16.5. The van der Waals surface area contributed by atoms with Crippen molar-refractivity contribution in [1.29, 1.82) is 0 Å². The maximum Gasteiger partial charge on any atom is 0.305 e. The summed E-state index contributed by atoms with van der Waals surface area (Å²) >= 11 is 0. The van der Waals surface area contributed by atoms with E-state index in [1.807, 2.05) is 0 Å². The van der Waals surface area contributed by atoms with E-state index in [1.54, 1.807) is 0 Å². The second kappa shape index (κ2) is 19.2. The van der Waals surface area contributed by atoms with Crippen LogP contribution in [0.25, 0.3) is 0 Å². The van der Waals surface area contributed by atoms with Crippen LogP contribution in [0.15, 0.2) is 0 Å². The summed E-state index contributed by atoms with van der Waals surface area (Å²) in [5.41, 5.74) is 0. The number of rotatable bonds is 19. The van der Waals surface area contributed by atoms with Crippen molar-refractivity contribution in [3.8, 4) is 0 Å². The van der Waals surface area contributed by atoms with Crippen LogP contribution in [-0.4, -0.2) is 12.6 Å². The van der Waals surface area contributed by atoms with Crippen LogP contribution in [0.1, 0.15) is 130 Å². The van der Waals surface area contributed by atoms with Crippen molar-refractivity contribution in [3.63, 3.8) is 0 Å². The van der Waals surface area contributed by atoms with Gasteiger partial charge in [0.25, 0.3) is 0 Å². The topological polar surface area (TPSA) is 26.3 Å². The Labute approximate surface area is 164 Å². The Morgan fingerprint density at radius 1 is 0.577 bits per heavy atom. The molecule has 0 bridgehead atoms. The summed E-state index contributed by atoms with van der Waals surface area (Å²) < 4.78 is 5.27. The fourth-order valence-corrected chi connectivity index (χ4v) is 3.26. The molecular weight excluding hydrogens is 320 g/mol. The lowest BCUT2D eigenvalue weighted by molar-refractivity contribution is -0.144. The molecule has 2 heteroatoms. The summed E-state index contributed by atoms with van der Waals surface area (Å²) in [4.78, 5) is 11.5. The van der Waals surface area contributed by atoms with E-state index in [2.05, 4.69) is 27.7 Å². The fraction of sp³-hybridized carbons (Fsp3) is 0.958.